The van der Waals surface area contributed by atoms with Crippen molar-refractivity contribution < 1.29 is 32.5 Å². The molecule has 0 spiro atoms. The van der Waals surface area contributed by atoms with Crippen LogP contribution in [0.3, 0.4) is 0 Å². The molecule has 226 valence electrons. The van der Waals surface area contributed by atoms with Gasteiger partial charge in [-0.3, -0.25) is 14.3 Å². The van der Waals surface area contributed by atoms with E-state index in [-0.39, 0.29) is 11.2 Å². The van der Waals surface area contributed by atoms with E-state index in [4.69, 9.17) is 19.4 Å². The van der Waals surface area contributed by atoms with E-state index < -0.39 is 12.1 Å². The fraction of sp³-hybridized carbons (Fsp3) is 0.276. The van der Waals surface area contributed by atoms with Crippen LogP contribution in [0.1, 0.15) is 0 Å². The first-order chi connectivity index (χ1) is 20.5. The molecule has 4 heterocycles. The molecule has 0 radical (unpaired) electrons. The largest absolute Gasteiger partial charge is 0.490 e. The molecule has 6 rings (SSSR count). The molecule has 0 amide bonds. The van der Waals surface area contributed by atoms with Crippen LogP contribution >= 0.6 is 0 Å². The zero-order valence-electron chi connectivity index (χ0n) is 23.0. The fourth-order valence-corrected chi connectivity index (χ4v) is 4.90. The molecule has 43 heavy (non-hydrogen) atoms. The highest BCUT2D eigenvalue weighted by Gasteiger charge is 2.38. The molecule has 0 saturated carbocycles. The molecule has 14 heteroatoms. The molecule has 5 aromatic rings. The number of benzene rings is 2. The molecule has 1 saturated heterocycles. The van der Waals surface area contributed by atoms with Crippen LogP contribution in [-0.4, -0.2) is 74.1 Å². The number of imidazole rings is 1. The quantitative estimate of drug-likeness (QED) is 0.269. The predicted octanol–water partition coefficient (Wildman–Crippen LogP) is 3.93. The lowest BCUT2D eigenvalue weighted by Crippen LogP contribution is -2.39. The van der Waals surface area contributed by atoms with Crippen LogP contribution in [0.2, 0.25) is 0 Å². The Morgan fingerprint density at radius 1 is 1.00 bits per heavy atom. The number of hydrogen-bond donors (Lipinski definition) is 3. The summed E-state index contributed by atoms with van der Waals surface area (Å²) in [4.78, 5) is 43.0. The number of aliphatic carboxylic acids is 1. The number of para-hydroxylation sites is 1. The molecular formula is C29H28F3N5O6. The number of alkyl halides is 3. The van der Waals surface area contributed by atoms with E-state index in [0.29, 0.717) is 42.3 Å². The van der Waals surface area contributed by atoms with E-state index in [9.17, 15) is 22.8 Å². The smallest absolute Gasteiger partial charge is 0.475 e. The highest BCUT2D eigenvalue weighted by atomic mass is 19.4. The van der Waals surface area contributed by atoms with E-state index in [1.807, 2.05) is 54.7 Å². The number of carboxylic acids is 1. The van der Waals surface area contributed by atoms with Crippen LogP contribution in [0.15, 0.2) is 70.5 Å². The summed E-state index contributed by atoms with van der Waals surface area (Å²) in [6.07, 6.45) is -1.51. The number of fused-ring (bicyclic) bond motifs is 2. The maximum absolute atomic E-state index is 13.1. The average molecular weight is 600 g/mol. The van der Waals surface area contributed by atoms with Crippen LogP contribution in [0, 0.1) is 0 Å². The molecule has 3 N–H and O–H groups in total. The number of aryl methyl sites for hydroxylation is 1. The molecule has 11 nitrogen and oxygen atoms in total. The number of nitrogens with one attached hydrogen (secondary N) is 2. The second-order valence-electron chi connectivity index (χ2n) is 9.82. The fourth-order valence-electron chi connectivity index (χ4n) is 4.90. The van der Waals surface area contributed by atoms with Gasteiger partial charge in [0, 0.05) is 62.1 Å². The van der Waals surface area contributed by atoms with E-state index in [2.05, 4.69) is 14.9 Å². The number of hydrogen-bond acceptors (Lipinski definition) is 6. The lowest BCUT2D eigenvalue weighted by molar-refractivity contribution is -0.192. The van der Waals surface area contributed by atoms with Gasteiger partial charge in [-0.15, -0.1) is 0 Å². The van der Waals surface area contributed by atoms with E-state index in [0.717, 1.165) is 41.7 Å². The maximum atomic E-state index is 13.1. The SMILES string of the molecule is Cn1cc(-c2ccc3c([nH]c(=O)n3CCN3CCOCC3)c2Oc2ccccc2)c2cc[nH]c2c1=O.O=C(O)C(F)(F)F. The molecule has 3 aromatic heterocycles. The minimum Gasteiger partial charge on any atom is -0.475 e. The van der Waals surface area contributed by atoms with Crippen molar-refractivity contribution in [2.24, 2.45) is 7.05 Å². The van der Waals surface area contributed by atoms with Gasteiger partial charge in [-0.2, -0.15) is 13.2 Å². The van der Waals surface area contributed by atoms with Gasteiger partial charge in [0.15, 0.2) is 5.75 Å². The zero-order valence-corrected chi connectivity index (χ0v) is 23.0. The zero-order chi connectivity index (χ0) is 30.7. The third-order valence-corrected chi connectivity index (χ3v) is 7.04. The lowest BCUT2D eigenvalue weighted by Gasteiger charge is -2.26. The summed E-state index contributed by atoms with van der Waals surface area (Å²) in [5.41, 5.74) is 3.26. The summed E-state index contributed by atoms with van der Waals surface area (Å²) < 4.78 is 46.9. The van der Waals surface area contributed by atoms with Gasteiger partial charge >= 0.3 is 17.8 Å². The Hall–Kier alpha value is -4.82. The third-order valence-electron chi connectivity index (χ3n) is 7.04. The Morgan fingerprint density at radius 3 is 2.37 bits per heavy atom. The first kappa shape index (κ1) is 29.7. The third kappa shape index (κ3) is 6.34. The summed E-state index contributed by atoms with van der Waals surface area (Å²) >= 11 is 0. The van der Waals surface area contributed by atoms with Crippen molar-refractivity contribution in [3.63, 3.8) is 0 Å². The number of aromatic nitrogens is 4. The lowest BCUT2D eigenvalue weighted by atomic mass is 10.0. The van der Waals surface area contributed by atoms with Crippen molar-refractivity contribution in [1.82, 2.24) is 24.0 Å². The summed E-state index contributed by atoms with van der Waals surface area (Å²) in [5, 5.41) is 7.92. The number of pyridine rings is 1. The minimum atomic E-state index is -5.08. The highest BCUT2D eigenvalue weighted by molar-refractivity contribution is 6.00. The van der Waals surface area contributed by atoms with Gasteiger partial charge in [0.2, 0.25) is 0 Å². The van der Waals surface area contributed by atoms with Crippen LogP contribution in [0.5, 0.6) is 11.5 Å². The molecule has 0 unspecified atom stereocenters. The van der Waals surface area contributed by atoms with Gasteiger partial charge in [0.1, 0.15) is 16.8 Å². The maximum Gasteiger partial charge on any atom is 0.490 e. The molecule has 0 atom stereocenters. The van der Waals surface area contributed by atoms with Crippen molar-refractivity contribution in [2.45, 2.75) is 12.7 Å². The molecule has 1 aliphatic heterocycles. The molecule has 1 aliphatic rings. The van der Waals surface area contributed by atoms with Gasteiger partial charge in [-0.1, -0.05) is 18.2 Å². The Kier molecular flexibility index (Phi) is 8.41. The number of ether oxygens (including phenoxy) is 2. The number of H-pyrrole nitrogens is 2. The Labute approximate surface area is 241 Å². The van der Waals surface area contributed by atoms with Gasteiger partial charge < -0.3 is 29.1 Å². The number of nitrogens with zero attached hydrogens (tertiary/aromatic N) is 3. The van der Waals surface area contributed by atoms with E-state index in [1.54, 1.807) is 22.4 Å². The summed E-state index contributed by atoms with van der Waals surface area (Å²) in [6, 6.07) is 15.3. The second kappa shape index (κ2) is 12.2. The van der Waals surface area contributed by atoms with Gasteiger partial charge in [0.05, 0.1) is 18.7 Å². The van der Waals surface area contributed by atoms with Crippen LogP contribution in [0.4, 0.5) is 13.2 Å². The average Bonchev–Trinajstić information content (AvgIpc) is 3.60. The standard InChI is InChI=1S/C27H27N5O4.C2HF3O2/c1-30-17-21(19-9-10-28-23(19)26(30)33)20-7-8-22-24(25(20)36-18-5-3-2-4-6-18)29-27(34)32(22)12-11-31-13-15-35-16-14-31;3-2(4,5)1(6)7/h2-10,17,28H,11-16H2,1H3,(H,29,34);(H,6,7). The first-order valence-electron chi connectivity index (χ1n) is 13.3. The number of rotatable bonds is 6. The highest BCUT2D eigenvalue weighted by Crippen LogP contribution is 2.40. The molecule has 0 bridgehead atoms. The van der Waals surface area contributed by atoms with Gasteiger partial charge in [0.25, 0.3) is 5.56 Å². The van der Waals surface area contributed by atoms with Crippen LogP contribution in [-0.2, 0) is 23.1 Å². The summed E-state index contributed by atoms with van der Waals surface area (Å²) in [6.45, 7) is 4.48. The summed E-state index contributed by atoms with van der Waals surface area (Å²) in [7, 11) is 1.73. The number of carbonyl (C=O) groups is 1. The van der Waals surface area contributed by atoms with Gasteiger partial charge in [-0.25, -0.2) is 9.59 Å². The van der Waals surface area contributed by atoms with Crippen LogP contribution in [0.25, 0.3) is 33.1 Å². The Bertz CT molecular complexity index is 1870. The summed E-state index contributed by atoms with van der Waals surface area (Å²) in [5.74, 6) is -1.56. The number of aromatic amines is 2. The first-order valence-corrected chi connectivity index (χ1v) is 13.3. The van der Waals surface area contributed by atoms with Gasteiger partial charge in [-0.05, 0) is 30.3 Å². The monoisotopic (exact) mass is 599 g/mol. The van der Waals surface area contributed by atoms with Crippen molar-refractivity contribution in [1.29, 1.82) is 0 Å². The number of carboxylic acid groups (broad SMARTS) is 1. The van der Waals surface area contributed by atoms with Crippen molar-refractivity contribution in [3.8, 4) is 22.6 Å². The Morgan fingerprint density at radius 2 is 1.70 bits per heavy atom. The number of morpholine rings is 1. The molecule has 2 aromatic carbocycles. The normalized spacial score (nSPS) is 14.0. The number of halogens is 3. The molecule has 0 aliphatic carbocycles. The minimum absolute atomic E-state index is 0.104. The van der Waals surface area contributed by atoms with E-state index in [1.165, 1.54) is 0 Å². The van der Waals surface area contributed by atoms with Crippen molar-refractivity contribution in [2.75, 3.05) is 32.8 Å². The van der Waals surface area contributed by atoms with Crippen molar-refractivity contribution in [3.05, 3.63) is 81.8 Å². The second-order valence-corrected chi connectivity index (χ2v) is 9.82. The molecule has 1 fully saturated rings. The predicted molar refractivity (Wildman–Crippen MR) is 153 cm³/mol. The molecular weight excluding hydrogens is 571 g/mol. The topological polar surface area (TPSA) is 135 Å². The van der Waals surface area contributed by atoms with Crippen LogP contribution < -0.4 is 16.0 Å². The van der Waals surface area contributed by atoms with E-state index >= 15 is 0 Å². The van der Waals surface area contributed by atoms with Crippen molar-refractivity contribution >= 4 is 27.9 Å². The Balaban J connectivity index is 0.000000472.